The molecule has 0 heterocycles. The first-order valence-corrected chi connectivity index (χ1v) is 24.0. The number of hydrogen-bond donors (Lipinski definition) is 6. The maximum Gasteiger partial charge on any atom is 0.472 e. The highest BCUT2D eigenvalue weighted by molar-refractivity contribution is 7.47. The zero-order valence-corrected chi connectivity index (χ0v) is 36.3. The number of ether oxygens (including phenoxy) is 2. The summed E-state index contributed by atoms with van der Waals surface area (Å²) in [6, 6.07) is 0. The Kier molecular flexibility index (Phi) is 32.3. The molecule has 6 unspecified atom stereocenters. The van der Waals surface area contributed by atoms with Crippen molar-refractivity contribution in [1.82, 2.24) is 0 Å². The number of rotatable bonds is 37. The van der Waals surface area contributed by atoms with Gasteiger partial charge in [-0.25, -0.2) is 4.57 Å². The van der Waals surface area contributed by atoms with E-state index in [1.165, 1.54) is 122 Å². The second kappa shape index (κ2) is 34.3. The molecular formula is C43H81O13P. The van der Waals surface area contributed by atoms with Gasteiger partial charge < -0.3 is 39.9 Å². The van der Waals surface area contributed by atoms with E-state index in [1.54, 1.807) is 0 Å². The van der Waals surface area contributed by atoms with Crippen LogP contribution in [0.1, 0.15) is 194 Å². The molecule has 6 N–H and O–H groups in total. The van der Waals surface area contributed by atoms with Gasteiger partial charge in [0, 0.05) is 12.8 Å². The summed E-state index contributed by atoms with van der Waals surface area (Å²) < 4.78 is 33.4. The minimum Gasteiger partial charge on any atom is -0.462 e. The molecule has 0 aromatic heterocycles. The van der Waals surface area contributed by atoms with Crippen LogP contribution < -0.4 is 0 Å². The number of hydrogen-bond acceptors (Lipinski definition) is 12. The van der Waals surface area contributed by atoms with Gasteiger partial charge in [0.15, 0.2) is 6.10 Å². The van der Waals surface area contributed by atoms with Crippen LogP contribution in [-0.2, 0) is 32.7 Å². The van der Waals surface area contributed by atoms with Crippen molar-refractivity contribution in [3.05, 3.63) is 12.2 Å². The normalized spacial score (nSPS) is 22.7. The Morgan fingerprint density at radius 2 is 0.930 bits per heavy atom. The van der Waals surface area contributed by atoms with E-state index in [2.05, 4.69) is 13.8 Å². The summed E-state index contributed by atoms with van der Waals surface area (Å²) >= 11 is 0. The highest BCUT2D eigenvalue weighted by atomic mass is 31.2. The lowest BCUT2D eigenvalue weighted by Gasteiger charge is -2.41. The largest absolute Gasteiger partial charge is 0.472 e. The number of carbonyl (C=O) groups excluding carboxylic acids is 2. The molecule has 0 saturated heterocycles. The lowest BCUT2D eigenvalue weighted by Crippen LogP contribution is -2.64. The van der Waals surface area contributed by atoms with Gasteiger partial charge in [-0.15, -0.1) is 0 Å². The number of allylic oxidation sites excluding steroid dienone is 2. The molecule has 1 saturated carbocycles. The van der Waals surface area contributed by atoms with Gasteiger partial charge in [0.1, 0.15) is 43.2 Å². The smallest absolute Gasteiger partial charge is 0.462 e. The molecule has 0 amide bonds. The number of aliphatic hydroxyl groups excluding tert-OH is 5. The highest BCUT2D eigenvalue weighted by Gasteiger charge is 2.51. The Balaban J connectivity index is 2.49. The van der Waals surface area contributed by atoms with Crippen LogP contribution in [0.3, 0.4) is 0 Å². The van der Waals surface area contributed by atoms with Crippen LogP contribution in [0, 0.1) is 0 Å². The van der Waals surface area contributed by atoms with Gasteiger partial charge in [0.05, 0.1) is 6.61 Å². The predicted octanol–water partition coefficient (Wildman–Crippen LogP) is 8.28. The maximum absolute atomic E-state index is 12.8. The summed E-state index contributed by atoms with van der Waals surface area (Å²) in [7, 11) is -5.12. The first-order valence-electron chi connectivity index (χ1n) is 22.5. The van der Waals surface area contributed by atoms with E-state index in [4.69, 9.17) is 18.5 Å². The van der Waals surface area contributed by atoms with Crippen molar-refractivity contribution in [3.8, 4) is 0 Å². The van der Waals surface area contributed by atoms with Crippen molar-refractivity contribution in [2.75, 3.05) is 13.2 Å². The maximum atomic E-state index is 12.8. The molecule has 1 aliphatic carbocycles. The summed E-state index contributed by atoms with van der Waals surface area (Å²) in [5.74, 6) is -1.15. The summed E-state index contributed by atoms with van der Waals surface area (Å²) in [5.41, 5.74) is 0. The summed E-state index contributed by atoms with van der Waals surface area (Å²) in [6.07, 6.45) is 21.4. The van der Waals surface area contributed by atoms with Gasteiger partial charge in [-0.05, 0) is 25.7 Å². The average molecular weight is 837 g/mol. The topological polar surface area (TPSA) is 210 Å². The number of esters is 2. The fraction of sp³-hybridized carbons (Fsp3) is 0.907. The second-order valence-corrected chi connectivity index (χ2v) is 17.3. The minimum atomic E-state index is -5.12. The first kappa shape index (κ1) is 53.6. The van der Waals surface area contributed by atoms with Crippen molar-refractivity contribution in [2.24, 2.45) is 0 Å². The Morgan fingerprint density at radius 3 is 1.40 bits per heavy atom. The molecule has 1 fully saturated rings. The third-order valence-electron chi connectivity index (χ3n) is 10.6. The SMILES string of the molecule is CCCCCCCCCCCCCC=CCCC(=O)OC(COC(=O)CCCCCCCCCCCCCCC)COP(=O)(O)OC1C(O)C(O)C(O)C(O)C1O. The minimum absolute atomic E-state index is 0.0179. The van der Waals surface area contributed by atoms with Gasteiger partial charge >= 0.3 is 19.8 Å². The molecule has 1 rings (SSSR count). The summed E-state index contributed by atoms with van der Waals surface area (Å²) in [5, 5.41) is 50.1. The van der Waals surface area contributed by atoms with E-state index in [-0.39, 0.29) is 12.8 Å². The molecule has 0 aromatic rings. The number of phosphoric ester groups is 1. The van der Waals surface area contributed by atoms with Gasteiger partial charge in [0.2, 0.25) is 0 Å². The molecule has 336 valence electrons. The van der Waals surface area contributed by atoms with Crippen LogP contribution in [0.5, 0.6) is 0 Å². The summed E-state index contributed by atoms with van der Waals surface area (Å²) in [6.45, 7) is 3.27. The molecular weight excluding hydrogens is 755 g/mol. The lowest BCUT2D eigenvalue weighted by molar-refractivity contribution is -0.220. The van der Waals surface area contributed by atoms with Gasteiger partial charge in [-0.2, -0.15) is 0 Å². The fourth-order valence-electron chi connectivity index (χ4n) is 6.95. The van der Waals surface area contributed by atoms with E-state index in [9.17, 15) is 44.6 Å². The van der Waals surface area contributed by atoms with Crippen molar-refractivity contribution in [2.45, 2.75) is 236 Å². The second-order valence-electron chi connectivity index (χ2n) is 15.9. The van der Waals surface area contributed by atoms with E-state index in [1.807, 2.05) is 12.2 Å². The monoisotopic (exact) mass is 837 g/mol. The Hall–Kier alpha value is -1.41. The molecule has 13 nitrogen and oxygen atoms in total. The Labute approximate surface area is 343 Å². The van der Waals surface area contributed by atoms with Gasteiger partial charge in [0.25, 0.3) is 0 Å². The molecule has 0 spiro atoms. The molecule has 0 radical (unpaired) electrons. The van der Waals surface area contributed by atoms with Gasteiger partial charge in [-0.1, -0.05) is 167 Å². The molecule has 0 aliphatic heterocycles. The quantitative estimate of drug-likeness (QED) is 0.0151. The van der Waals surface area contributed by atoms with E-state index in [0.29, 0.717) is 12.8 Å². The molecule has 14 heteroatoms. The van der Waals surface area contributed by atoms with Crippen molar-refractivity contribution in [3.63, 3.8) is 0 Å². The van der Waals surface area contributed by atoms with Crippen LogP contribution >= 0.6 is 7.82 Å². The standard InChI is InChI=1S/C43H81O13P/c1-3-5-7-9-11-13-15-17-18-20-22-24-26-28-30-32-37(45)55-35(34-54-57(51,52)56-43-41(49)39(47)38(46)40(48)42(43)50)33-53-36(44)31-29-27-25-23-21-19-16-14-12-10-8-6-4-2/h26,28,35,38-43,46-50H,3-25,27,29-34H2,1-2H3,(H,51,52). The fourth-order valence-corrected chi connectivity index (χ4v) is 7.93. The van der Waals surface area contributed by atoms with Crippen LogP contribution in [-0.4, -0.2) is 98.3 Å². The van der Waals surface area contributed by atoms with Crippen LogP contribution in [0.15, 0.2) is 12.2 Å². The average Bonchev–Trinajstić information content (AvgIpc) is 3.19. The van der Waals surface area contributed by atoms with Crippen LogP contribution in [0.25, 0.3) is 0 Å². The highest BCUT2D eigenvalue weighted by Crippen LogP contribution is 2.47. The molecule has 6 atom stereocenters. The zero-order valence-electron chi connectivity index (χ0n) is 35.4. The predicted molar refractivity (Wildman–Crippen MR) is 221 cm³/mol. The third kappa shape index (κ3) is 27.1. The summed E-state index contributed by atoms with van der Waals surface area (Å²) in [4.78, 5) is 35.6. The van der Waals surface area contributed by atoms with Crippen molar-refractivity contribution in [1.29, 1.82) is 0 Å². The Morgan fingerprint density at radius 1 is 0.526 bits per heavy atom. The van der Waals surface area contributed by atoms with E-state index in [0.717, 1.165) is 32.1 Å². The number of phosphoric acid groups is 1. The van der Waals surface area contributed by atoms with Crippen LogP contribution in [0.2, 0.25) is 0 Å². The van der Waals surface area contributed by atoms with Crippen LogP contribution in [0.4, 0.5) is 0 Å². The number of aliphatic hydroxyl groups is 5. The van der Waals surface area contributed by atoms with E-state index < -0.39 is 75.7 Å². The van der Waals surface area contributed by atoms with Crippen molar-refractivity contribution < 1.29 is 63.1 Å². The molecule has 0 bridgehead atoms. The number of carbonyl (C=O) groups is 2. The first-order chi connectivity index (χ1) is 27.4. The molecule has 0 aromatic carbocycles. The zero-order chi connectivity index (χ0) is 42.2. The van der Waals surface area contributed by atoms with Crippen molar-refractivity contribution >= 4 is 19.8 Å². The molecule has 57 heavy (non-hydrogen) atoms. The molecule has 1 aliphatic rings. The number of unbranched alkanes of at least 4 members (excludes halogenated alkanes) is 23. The Bertz CT molecular complexity index is 1060. The van der Waals surface area contributed by atoms with Gasteiger partial charge in [-0.3, -0.25) is 18.6 Å². The lowest BCUT2D eigenvalue weighted by atomic mass is 9.85. The van der Waals surface area contributed by atoms with E-state index >= 15 is 0 Å². The third-order valence-corrected chi connectivity index (χ3v) is 11.6.